The standard InChI is InChI=1S/C66H106N4S4/c1-5-9-13-17-21-25-27-31-35-38-42-54(41-37-33-29-23-19-15-11-7-3)47-56-49-62(71-52-56)59-51-61-66(58-45-46-60-65(64(58)59)69-73-67-60)70(74-68-61)63-50-57(53-72-63)48-55(43-39-34-30-24-20-16-12-8-4)44-40-36-32-28-26-22-18-14-10-6-2/h45-46,49-55,68H,5-44,47-48H2,1-4H3. The molecule has 2 aromatic carbocycles. The van der Waals surface area contributed by atoms with E-state index >= 15 is 0 Å². The maximum absolute atomic E-state index is 5.00. The summed E-state index contributed by atoms with van der Waals surface area (Å²) in [4.78, 5) is 1.37. The summed E-state index contributed by atoms with van der Waals surface area (Å²) < 4.78 is 16.1. The number of hydrogen-bond acceptors (Lipinski definition) is 8. The van der Waals surface area contributed by atoms with Crippen LogP contribution in [-0.4, -0.2) is 8.75 Å². The molecule has 2 atom stereocenters. The number of rotatable bonds is 46. The van der Waals surface area contributed by atoms with Crippen LogP contribution in [-0.2, 0) is 12.8 Å². The first-order valence-electron chi connectivity index (χ1n) is 31.7. The van der Waals surface area contributed by atoms with Crippen LogP contribution in [0.5, 0.6) is 0 Å². The summed E-state index contributed by atoms with van der Waals surface area (Å²) in [5.74, 6) is 1.56. The molecule has 3 aromatic heterocycles. The topological polar surface area (TPSA) is 41.1 Å². The van der Waals surface area contributed by atoms with Crippen LogP contribution in [0, 0.1) is 11.8 Å². The van der Waals surface area contributed by atoms with E-state index in [1.165, 1.54) is 330 Å². The normalized spacial score (nSPS) is 13.4. The lowest BCUT2D eigenvalue weighted by atomic mass is 9.89. The molecular formula is C66H106N4S4. The highest BCUT2D eigenvalue weighted by Crippen LogP contribution is 2.54. The minimum atomic E-state index is 0.778. The first kappa shape index (κ1) is 61.1. The van der Waals surface area contributed by atoms with Gasteiger partial charge in [-0.05, 0) is 76.9 Å². The Balaban J connectivity index is 1.11. The summed E-state index contributed by atoms with van der Waals surface area (Å²) in [5, 5.41) is 8.85. The second kappa shape index (κ2) is 37.6. The minimum Gasteiger partial charge on any atom is -0.310 e. The minimum absolute atomic E-state index is 0.778. The molecule has 4 heterocycles. The first-order chi connectivity index (χ1) is 36.6. The lowest BCUT2D eigenvalue weighted by molar-refractivity contribution is 0.400. The molecule has 0 fully saturated rings. The van der Waals surface area contributed by atoms with E-state index < -0.39 is 0 Å². The van der Waals surface area contributed by atoms with Gasteiger partial charge in [0.1, 0.15) is 16.0 Å². The fraction of sp³-hybridized carbons (Fsp3) is 0.727. The largest absolute Gasteiger partial charge is 0.310 e. The number of thiophene rings is 2. The zero-order valence-corrected chi connectivity index (χ0v) is 51.1. The number of hydrogen-bond donors (Lipinski definition) is 1. The number of aromatic nitrogens is 2. The Bertz CT molecular complexity index is 2190. The smallest absolute Gasteiger partial charge is 0.113 e. The zero-order chi connectivity index (χ0) is 51.7. The van der Waals surface area contributed by atoms with Gasteiger partial charge in [-0.1, -0.05) is 285 Å². The van der Waals surface area contributed by atoms with Crippen LogP contribution in [0.3, 0.4) is 0 Å². The monoisotopic (exact) mass is 1080 g/mol. The quantitative estimate of drug-likeness (QED) is 0.0311. The average molecular weight is 1080 g/mol. The van der Waals surface area contributed by atoms with Crippen LogP contribution in [0.25, 0.3) is 32.2 Å². The number of unbranched alkanes of at least 4 members (excludes halogenated alkanes) is 32. The molecule has 414 valence electrons. The van der Waals surface area contributed by atoms with Crippen molar-refractivity contribution in [3.8, 4) is 10.4 Å². The van der Waals surface area contributed by atoms with Gasteiger partial charge in [-0.25, -0.2) is 0 Å². The third-order valence-corrected chi connectivity index (χ3v) is 20.1. The summed E-state index contributed by atoms with van der Waals surface area (Å²) in [6, 6.07) is 12.1. The predicted molar refractivity (Wildman–Crippen MR) is 338 cm³/mol. The van der Waals surface area contributed by atoms with E-state index in [9.17, 15) is 0 Å². The Morgan fingerprint density at radius 1 is 0.459 bits per heavy atom. The number of benzene rings is 2. The summed E-state index contributed by atoms with van der Waals surface area (Å²) in [7, 11) is 0. The highest BCUT2D eigenvalue weighted by Gasteiger charge is 2.29. The average Bonchev–Trinajstić information content (AvgIpc) is 4.27. The van der Waals surface area contributed by atoms with Gasteiger partial charge in [0.2, 0.25) is 0 Å². The van der Waals surface area contributed by atoms with Gasteiger partial charge in [-0.2, -0.15) is 8.75 Å². The van der Waals surface area contributed by atoms with Crippen molar-refractivity contribution in [1.82, 2.24) is 8.75 Å². The van der Waals surface area contributed by atoms with E-state index in [-0.39, 0.29) is 0 Å². The Hall–Kier alpha value is -2.13. The fourth-order valence-corrected chi connectivity index (χ4v) is 15.4. The van der Waals surface area contributed by atoms with Crippen molar-refractivity contribution in [3.63, 3.8) is 0 Å². The Morgan fingerprint density at radius 2 is 0.878 bits per heavy atom. The van der Waals surface area contributed by atoms with Gasteiger partial charge in [0, 0.05) is 21.2 Å². The second-order valence-electron chi connectivity index (χ2n) is 23.1. The molecule has 0 amide bonds. The number of nitrogens with one attached hydrogen (secondary N) is 1. The molecule has 2 unspecified atom stereocenters. The SMILES string of the molecule is CCCCCCCCCCCCC(CCCCCCCCCC)Cc1csc(-c2cc3c(c4ccc5nsnc5c24)N(c2cc(CC(CCCCCCCCCC)CCCCCCCCCCCC)cs2)SN3)c1. The van der Waals surface area contributed by atoms with Gasteiger partial charge in [-0.15, -0.1) is 22.7 Å². The molecular weight excluding hydrogens is 977 g/mol. The van der Waals surface area contributed by atoms with Crippen LogP contribution in [0.4, 0.5) is 16.4 Å². The van der Waals surface area contributed by atoms with Gasteiger partial charge >= 0.3 is 0 Å². The van der Waals surface area contributed by atoms with Crippen LogP contribution >= 0.6 is 46.5 Å². The number of anilines is 3. The van der Waals surface area contributed by atoms with Crippen LogP contribution < -0.4 is 9.03 Å². The van der Waals surface area contributed by atoms with Crippen molar-refractivity contribution in [3.05, 3.63) is 52.2 Å². The fourth-order valence-electron chi connectivity index (χ4n) is 12.1. The summed E-state index contributed by atoms with van der Waals surface area (Å²) in [6.45, 7) is 9.29. The number of fused-ring (bicyclic) bond motifs is 5. The molecule has 1 N–H and O–H groups in total. The Labute approximate surface area is 471 Å². The van der Waals surface area contributed by atoms with Gasteiger partial charge < -0.3 is 4.72 Å². The third kappa shape index (κ3) is 21.6. The highest BCUT2D eigenvalue weighted by atomic mass is 32.2. The lowest BCUT2D eigenvalue weighted by Crippen LogP contribution is -2.05. The molecule has 1 aliphatic heterocycles. The van der Waals surface area contributed by atoms with Crippen molar-refractivity contribution in [2.45, 2.75) is 297 Å². The van der Waals surface area contributed by atoms with Crippen molar-refractivity contribution < 1.29 is 0 Å². The van der Waals surface area contributed by atoms with Crippen molar-refractivity contribution in [2.24, 2.45) is 11.8 Å². The maximum Gasteiger partial charge on any atom is 0.113 e. The summed E-state index contributed by atoms with van der Waals surface area (Å²) >= 11 is 6.97. The molecule has 1 aliphatic rings. The summed E-state index contributed by atoms with van der Waals surface area (Å²) in [5.41, 5.74) is 8.92. The molecule has 8 heteroatoms. The lowest BCUT2D eigenvalue weighted by Gasteiger charge is -2.18. The molecule has 0 saturated carbocycles. The van der Waals surface area contributed by atoms with Crippen molar-refractivity contribution in [1.29, 1.82) is 0 Å². The molecule has 0 aliphatic carbocycles. The zero-order valence-electron chi connectivity index (χ0n) is 47.9. The van der Waals surface area contributed by atoms with Gasteiger partial charge in [0.05, 0.1) is 35.2 Å². The predicted octanol–water partition coefficient (Wildman–Crippen LogP) is 24.8. The van der Waals surface area contributed by atoms with Crippen LogP contribution in [0.2, 0.25) is 0 Å². The third-order valence-electron chi connectivity index (χ3n) is 16.6. The van der Waals surface area contributed by atoms with E-state index in [1.807, 2.05) is 22.7 Å². The van der Waals surface area contributed by atoms with E-state index in [0.29, 0.717) is 0 Å². The van der Waals surface area contributed by atoms with Crippen LogP contribution in [0.1, 0.15) is 296 Å². The van der Waals surface area contributed by atoms with Crippen molar-refractivity contribution >= 4 is 84.7 Å². The van der Waals surface area contributed by atoms with Gasteiger partial charge in [0.25, 0.3) is 0 Å². The van der Waals surface area contributed by atoms with Gasteiger partial charge in [0.15, 0.2) is 0 Å². The van der Waals surface area contributed by atoms with E-state index in [4.69, 9.17) is 8.75 Å². The maximum atomic E-state index is 5.00. The van der Waals surface area contributed by atoms with E-state index in [1.54, 1.807) is 12.1 Å². The molecule has 0 radical (unpaired) electrons. The Kier molecular flexibility index (Phi) is 31.1. The second-order valence-corrected chi connectivity index (χ2v) is 26.2. The highest BCUT2D eigenvalue weighted by molar-refractivity contribution is 8.02. The molecule has 0 bridgehead atoms. The molecule has 4 nitrogen and oxygen atoms in total. The van der Waals surface area contributed by atoms with Crippen LogP contribution in [0.15, 0.2) is 41.1 Å². The number of nitrogens with zero attached hydrogens (tertiary/aromatic N) is 3. The molecule has 6 rings (SSSR count). The Morgan fingerprint density at radius 3 is 1.34 bits per heavy atom. The van der Waals surface area contributed by atoms with E-state index in [0.717, 1.165) is 22.9 Å². The summed E-state index contributed by atoms with van der Waals surface area (Å²) in [6.07, 6.45) is 58.7. The molecule has 0 spiro atoms. The molecule has 5 aromatic rings. The van der Waals surface area contributed by atoms with Crippen molar-refractivity contribution in [2.75, 3.05) is 9.03 Å². The molecule has 74 heavy (non-hydrogen) atoms. The molecule has 0 saturated heterocycles. The van der Waals surface area contributed by atoms with E-state index in [2.05, 4.69) is 77.8 Å². The first-order valence-corrected chi connectivity index (χ1v) is 35.0. The van der Waals surface area contributed by atoms with Gasteiger partial charge in [-0.3, -0.25) is 4.31 Å².